The number of hydrogen-bond donors (Lipinski definition) is 2. The van der Waals surface area contributed by atoms with E-state index in [0.717, 1.165) is 17.5 Å². The van der Waals surface area contributed by atoms with E-state index in [1.807, 2.05) is 60.7 Å². The summed E-state index contributed by atoms with van der Waals surface area (Å²) >= 11 is 0. The van der Waals surface area contributed by atoms with Crippen molar-refractivity contribution in [1.82, 2.24) is 15.2 Å². The highest BCUT2D eigenvalue weighted by Gasteiger charge is 2.02. The molecule has 138 valence electrons. The Labute approximate surface area is 158 Å². The largest absolute Gasteiger partial charge is 0.338 e. The lowest BCUT2D eigenvalue weighted by atomic mass is 10.1. The van der Waals surface area contributed by atoms with Gasteiger partial charge in [0, 0.05) is 25.4 Å². The summed E-state index contributed by atoms with van der Waals surface area (Å²) in [5.74, 6) is 0. The van der Waals surface area contributed by atoms with E-state index in [0.29, 0.717) is 19.6 Å². The van der Waals surface area contributed by atoms with Crippen LogP contribution in [0.25, 0.3) is 0 Å². The van der Waals surface area contributed by atoms with E-state index in [1.54, 1.807) is 22.9 Å². The molecular weight excluding hydrogens is 338 g/mol. The second-order valence-corrected chi connectivity index (χ2v) is 6.33. The van der Waals surface area contributed by atoms with Gasteiger partial charge in [-0.2, -0.15) is 0 Å². The van der Waals surface area contributed by atoms with Crippen molar-refractivity contribution in [3.8, 4) is 0 Å². The van der Waals surface area contributed by atoms with Crippen molar-refractivity contribution in [2.24, 2.45) is 0 Å². The first kappa shape index (κ1) is 18.5. The summed E-state index contributed by atoms with van der Waals surface area (Å²) in [5, 5.41) is 5.72. The molecule has 1 aromatic heterocycles. The molecule has 3 rings (SSSR count). The number of carbonyl (C=O) groups excluding carboxylic acids is 1. The molecule has 0 atom stereocenters. The lowest BCUT2D eigenvalue weighted by Gasteiger charge is -2.09. The number of hydrogen-bond acceptors (Lipinski definition) is 2. The van der Waals surface area contributed by atoms with Crippen LogP contribution in [-0.2, 0) is 19.5 Å². The maximum atomic E-state index is 11.9. The Bertz CT molecular complexity index is 918. The number of benzene rings is 2. The molecule has 0 unspecified atom stereocenters. The zero-order valence-electron chi connectivity index (χ0n) is 15.1. The molecule has 0 fully saturated rings. The minimum atomic E-state index is -0.175. The normalized spacial score (nSPS) is 10.4. The highest BCUT2D eigenvalue weighted by molar-refractivity contribution is 5.73. The number of aromatic nitrogens is 1. The van der Waals surface area contributed by atoms with Crippen molar-refractivity contribution in [3.63, 3.8) is 0 Å². The lowest BCUT2D eigenvalue weighted by Crippen LogP contribution is -2.36. The van der Waals surface area contributed by atoms with Crippen LogP contribution in [0.15, 0.2) is 83.8 Å². The van der Waals surface area contributed by atoms with Crippen LogP contribution < -0.4 is 16.2 Å². The fourth-order valence-electron chi connectivity index (χ4n) is 2.76. The molecule has 2 N–H and O–H groups in total. The number of amides is 2. The molecule has 2 aromatic carbocycles. The highest BCUT2D eigenvalue weighted by Crippen LogP contribution is 2.05. The average molecular weight is 361 g/mol. The molecule has 0 aliphatic rings. The van der Waals surface area contributed by atoms with E-state index < -0.39 is 0 Å². The predicted octanol–water partition coefficient (Wildman–Crippen LogP) is 2.94. The van der Waals surface area contributed by atoms with E-state index >= 15 is 0 Å². The maximum absolute atomic E-state index is 11.9. The predicted molar refractivity (Wildman–Crippen MR) is 107 cm³/mol. The van der Waals surface area contributed by atoms with Crippen LogP contribution in [0.5, 0.6) is 0 Å². The molecule has 2 amide bonds. The van der Waals surface area contributed by atoms with E-state index in [1.165, 1.54) is 5.56 Å². The van der Waals surface area contributed by atoms with E-state index in [4.69, 9.17) is 0 Å². The highest BCUT2D eigenvalue weighted by atomic mass is 16.2. The van der Waals surface area contributed by atoms with Crippen LogP contribution in [0.2, 0.25) is 0 Å². The van der Waals surface area contributed by atoms with Crippen LogP contribution in [0.3, 0.4) is 0 Å². The van der Waals surface area contributed by atoms with Gasteiger partial charge >= 0.3 is 6.03 Å². The summed E-state index contributed by atoms with van der Waals surface area (Å²) in [4.78, 5) is 23.6. The van der Waals surface area contributed by atoms with Gasteiger partial charge in [-0.1, -0.05) is 60.7 Å². The van der Waals surface area contributed by atoms with Gasteiger partial charge in [0.25, 0.3) is 5.56 Å². The zero-order chi connectivity index (χ0) is 18.9. The minimum Gasteiger partial charge on any atom is -0.338 e. The number of pyridine rings is 1. The van der Waals surface area contributed by atoms with E-state index in [2.05, 4.69) is 10.6 Å². The Morgan fingerprint density at radius 3 is 2.22 bits per heavy atom. The van der Waals surface area contributed by atoms with Crippen molar-refractivity contribution in [2.45, 2.75) is 19.5 Å². The number of carbonyl (C=O) groups is 1. The Hall–Kier alpha value is -3.34. The molecule has 0 bridgehead atoms. The Kier molecular flexibility index (Phi) is 6.41. The van der Waals surface area contributed by atoms with Crippen LogP contribution in [0.4, 0.5) is 4.79 Å². The summed E-state index contributed by atoms with van der Waals surface area (Å²) in [5.41, 5.74) is 3.23. The number of urea groups is 1. The second kappa shape index (κ2) is 9.38. The third-order valence-electron chi connectivity index (χ3n) is 4.27. The van der Waals surface area contributed by atoms with Crippen molar-refractivity contribution in [1.29, 1.82) is 0 Å². The molecule has 3 aromatic rings. The van der Waals surface area contributed by atoms with Gasteiger partial charge in [0.1, 0.15) is 0 Å². The first-order chi connectivity index (χ1) is 13.2. The smallest absolute Gasteiger partial charge is 0.315 e. The molecule has 27 heavy (non-hydrogen) atoms. The van der Waals surface area contributed by atoms with Gasteiger partial charge in [0.05, 0.1) is 6.54 Å². The SMILES string of the molecule is O=C(NCCc1ccccc1)NCc1ccc(Cn2ccccc2=O)cc1. The molecule has 0 spiro atoms. The lowest BCUT2D eigenvalue weighted by molar-refractivity contribution is 0.240. The van der Waals surface area contributed by atoms with E-state index in [9.17, 15) is 9.59 Å². The van der Waals surface area contributed by atoms with Crippen molar-refractivity contribution < 1.29 is 4.79 Å². The monoisotopic (exact) mass is 361 g/mol. The maximum Gasteiger partial charge on any atom is 0.315 e. The topological polar surface area (TPSA) is 63.1 Å². The number of nitrogens with one attached hydrogen (secondary N) is 2. The summed E-state index contributed by atoms with van der Waals surface area (Å²) in [6.45, 7) is 1.59. The average Bonchev–Trinajstić information content (AvgIpc) is 2.70. The van der Waals surface area contributed by atoms with Gasteiger partial charge in [-0.15, -0.1) is 0 Å². The van der Waals surface area contributed by atoms with Crippen LogP contribution in [0.1, 0.15) is 16.7 Å². The molecule has 0 radical (unpaired) electrons. The molecule has 0 aliphatic carbocycles. The fourth-order valence-corrected chi connectivity index (χ4v) is 2.76. The molecule has 5 heteroatoms. The molecule has 0 aliphatic heterocycles. The van der Waals surface area contributed by atoms with Gasteiger partial charge in [0.15, 0.2) is 0 Å². The van der Waals surface area contributed by atoms with Gasteiger partial charge in [0.2, 0.25) is 0 Å². The van der Waals surface area contributed by atoms with Crippen LogP contribution >= 0.6 is 0 Å². The third-order valence-corrected chi connectivity index (χ3v) is 4.27. The Balaban J connectivity index is 1.42. The number of nitrogens with zero attached hydrogens (tertiary/aromatic N) is 1. The van der Waals surface area contributed by atoms with Crippen molar-refractivity contribution in [2.75, 3.05) is 6.54 Å². The van der Waals surface area contributed by atoms with Crippen molar-refractivity contribution >= 4 is 6.03 Å². The fraction of sp³-hybridized carbons (Fsp3) is 0.182. The van der Waals surface area contributed by atoms with E-state index in [-0.39, 0.29) is 11.6 Å². The number of rotatable bonds is 7. The first-order valence-electron chi connectivity index (χ1n) is 8.99. The molecular formula is C22H23N3O2. The van der Waals surface area contributed by atoms with Crippen molar-refractivity contribution in [3.05, 3.63) is 106 Å². The Morgan fingerprint density at radius 2 is 1.48 bits per heavy atom. The summed E-state index contributed by atoms with van der Waals surface area (Å²) in [6.07, 6.45) is 2.58. The van der Waals surface area contributed by atoms with Crippen LogP contribution in [-0.4, -0.2) is 17.1 Å². The molecule has 0 saturated heterocycles. The Morgan fingerprint density at radius 1 is 0.778 bits per heavy atom. The molecule has 0 saturated carbocycles. The summed E-state index contributed by atoms with van der Waals surface area (Å²) in [6, 6.07) is 22.9. The van der Waals surface area contributed by atoms with Crippen LogP contribution in [0, 0.1) is 0 Å². The summed E-state index contributed by atoms with van der Waals surface area (Å²) < 4.78 is 1.66. The zero-order valence-corrected chi connectivity index (χ0v) is 15.1. The minimum absolute atomic E-state index is 0.0181. The standard InChI is InChI=1S/C22H23N3O2/c26-21-8-4-5-15-25(21)17-20-11-9-19(10-12-20)16-24-22(27)23-14-13-18-6-2-1-3-7-18/h1-12,15H,13-14,16-17H2,(H2,23,24,27). The first-order valence-corrected chi connectivity index (χ1v) is 8.99. The molecule has 1 heterocycles. The quantitative estimate of drug-likeness (QED) is 0.680. The van der Waals surface area contributed by atoms with Gasteiger partial charge in [-0.05, 0) is 29.2 Å². The third kappa shape index (κ3) is 5.85. The summed E-state index contributed by atoms with van der Waals surface area (Å²) in [7, 11) is 0. The van der Waals surface area contributed by atoms with Gasteiger partial charge in [-0.3, -0.25) is 4.79 Å². The van der Waals surface area contributed by atoms with Gasteiger partial charge < -0.3 is 15.2 Å². The second-order valence-electron chi connectivity index (χ2n) is 6.33. The van der Waals surface area contributed by atoms with Gasteiger partial charge in [-0.25, -0.2) is 4.79 Å². The molecule has 5 nitrogen and oxygen atoms in total.